The predicted molar refractivity (Wildman–Crippen MR) is 86.3 cm³/mol. The van der Waals surface area contributed by atoms with Crippen LogP contribution in [0.3, 0.4) is 0 Å². The molecule has 130 valence electrons. The van der Waals surface area contributed by atoms with E-state index in [1.165, 1.54) is 16.4 Å². The van der Waals surface area contributed by atoms with E-state index in [1.54, 1.807) is 4.90 Å². The second-order valence-electron chi connectivity index (χ2n) is 5.79. The molecule has 2 saturated heterocycles. The number of nitrogens with zero attached hydrogens (tertiary/aromatic N) is 3. The largest absolute Gasteiger partial charge is 0.355 e. The highest BCUT2D eigenvalue weighted by Gasteiger charge is 2.31. The van der Waals surface area contributed by atoms with Crippen molar-refractivity contribution in [3.05, 3.63) is 28.3 Å². The van der Waals surface area contributed by atoms with Crippen LogP contribution in [0.1, 0.15) is 12.8 Å². The van der Waals surface area contributed by atoms with Crippen LogP contribution in [0.2, 0.25) is 0 Å². The molecule has 24 heavy (non-hydrogen) atoms. The first kappa shape index (κ1) is 16.7. The monoisotopic (exact) mass is 354 g/mol. The Labute approximate surface area is 139 Å². The van der Waals surface area contributed by atoms with Gasteiger partial charge in [0.2, 0.25) is 15.9 Å². The maximum Gasteiger partial charge on any atom is 0.293 e. The molecule has 3 rings (SSSR count). The number of hydrogen-bond donors (Lipinski definition) is 1. The smallest absolute Gasteiger partial charge is 0.293 e. The van der Waals surface area contributed by atoms with Crippen LogP contribution in [0.15, 0.2) is 23.1 Å². The number of nitro benzene ring substituents is 1. The molecule has 2 aliphatic heterocycles. The number of carbonyl (C=O) groups excluding carboxylic acids is 1. The predicted octanol–water partition coefficient (Wildman–Crippen LogP) is 0.315. The summed E-state index contributed by atoms with van der Waals surface area (Å²) in [6.45, 7) is 1.71. The number of rotatable bonds is 4. The van der Waals surface area contributed by atoms with Crippen LogP contribution in [0.4, 0.5) is 11.4 Å². The maximum absolute atomic E-state index is 12.6. The fourth-order valence-electron chi connectivity index (χ4n) is 3.00. The highest BCUT2D eigenvalue weighted by Crippen LogP contribution is 2.32. The van der Waals surface area contributed by atoms with Gasteiger partial charge in [-0.3, -0.25) is 14.9 Å². The molecule has 1 amide bonds. The molecule has 10 heteroatoms. The Kier molecular flexibility index (Phi) is 4.41. The second-order valence-corrected chi connectivity index (χ2v) is 7.73. The number of piperazine rings is 1. The van der Waals surface area contributed by atoms with Gasteiger partial charge in [0.05, 0.1) is 16.4 Å². The first-order valence-corrected chi connectivity index (χ1v) is 9.14. The fourth-order valence-corrected chi connectivity index (χ4v) is 4.54. The zero-order valence-electron chi connectivity index (χ0n) is 13.0. The maximum atomic E-state index is 12.6. The lowest BCUT2D eigenvalue weighted by atomic mass is 10.2. The number of sulfonamides is 1. The third-order valence-electron chi connectivity index (χ3n) is 4.23. The molecular formula is C14H18N4O5S. The molecule has 2 aliphatic rings. The minimum absolute atomic E-state index is 0.0130. The topological polar surface area (TPSA) is 113 Å². The number of nitrogens with one attached hydrogen (secondary N) is 1. The van der Waals surface area contributed by atoms with Crippen molar-refractivity contribution in [2.75, 3.05) is 37.6 Å². The van der Waals surface area contributed by atoms with Crippen molar-refractivity contribution < 1.29 is 18.1 Å². The van der Waals surface area contributed by atoms with Gasteiger partial charge in [0.15, 0.2) is 0 Å². The minimum atomic E-state index is -3.72. The molecule has 0 aromatic heterocycles. The van der Waals surface area contributed by atoms with Gasteiger partial charge in [-0.25, -0.2) is 8.42 Å². The summed E-state index contributed by atoms with van der Waals surface area (Å²) in [5.41, 5.74) is -0.0415. The number of nitro groups is 1. The van der Waals surface area contributed by atoms with E-state index in [9.17, 15) is 23.3 Å². The molecule has 0 radical (unpaired) electrons. The van der Waals surface area contributed by atoms with E-state index in [0.717, 1.165) is 18.9 Å². The molecule has 1 aromatic rings. The molecule has 9 nitrogen and oxygen atoms in total. The van der Waals surface area contributed by atoms with Crippen LogP contribution in [0.5, 0.6) is 0 Å². The van der Waals surface area contributed by atoms with E-state index in [4.69, 9.17) is 0 Å². The average Bonchev–Trinajstić information content (AvgIpc) is 3.09. The normalized spacial score (nSPS) is 19.3. The summed E-state index contributed by atoms with van der Waals surface area (Å²) in [6, 6.07) is 3.89. The van der Waals surface area contributed by atoms with Crippen LogP contribution < -0.4 is 10.2 Å². The van der Waals surface area contributed by atoms with Gasteiger partial charge in [-0.05, 0) is 25.0 Å². The van der Waals surface area contributed by atoms with Crippen molar-refractivity contribution in [2.24, 2.45) is 0 Å². The molecule has 0 unspecified atom stereocenters. The summed E-state index contributed by atoms with van der Waals surface area (Å²) < 4.78 is 26.5. The molecule has 0 bridgehead atoms. The third kappa shape index (κ3) is 3.06. The molecule has 1 N–H and O–H groups in total. The van der Waals surface area contributed by atoms with Gasteiger partial charge in [-0.2, -0.15) is 4.31 Å². The highest BCUT2D eigenvalue weighted by molar-refractivity contribution is 7.89. The van der Waals surface area contributed by atoms with Gasteiger partial charge in [0.1, 0.15) is 5.69 Å². The summed E-state index contributed by atoms with van der Waals surface area (Å²) in [6.07, 6.45) is 1.59. The molecule has 2 fully saturated rings. The van der Waals surface area contributed by atoms with Gasteiger partial charge in [-0.1, -0.05) is 0 Å². The summed E-state index contributed by atoms with van der Waals surface area (Å²) in [4.78, 5) is 23.8. The van der Waals surface area contributed by atoms with E-state index in [2.05, 4.69) is 5.32 Å². The van der Waals surface area contributed by atoms with Crippen molar-refractivity contribution >= 4 is 27.3 Å². The summed E-state index contributed by atoms with van der Waals surface area (Å²) in [7, 11) is -3.72. The highest BCUT2D eigenvalue weighted by atomic mass is 32.2. The van der Waals surface area contributed by atoms with Crippen LogP contribution >= 0.6 is 0 Å². The minimum Gasteiger partial charge on any atom is -0.355 e. The van der Waals surface area contributed by atoms with Gasteiger partial charge >= 0.3 is 0 Å². The van der Waals surface area contributed by atoms with Crippen molar-refractivity contribution in [2.45, 2.75) is 17.7 Å². The van der Waals surface area contributed by atoms with Crippen molar-refractivity contribution in [1.82, 2.24) is 9.62 Å². The van der Waals surface area contributed by atoms with Gasteiger partial charge in [0.25, 0.3) is 5.69 Å². The van der Waals surface area contributed by atoms with E-state index >= 15 is 0 Å². The van der Waals surface area contributed by atoms with Crippen LogP contribution in [0.25, 0.3) is 0 Å². The number of carbonyl (C=O) groups is 1. The SMILES string of the molecule is O=C1CN(c2ccc(S(=O)(=O)N3CCCC3)cc2[N+](=O)[O-])CCN1. The van der Waals surface area contributed by atoms with Crippen LogP contribution in [-0.4, -0.2) is 56.3 Å². The molecule has 0 saturated carbocycles. The summed E-state index contributed by atoms with van der Waals surface area (Å²) >= 11 is 0. The van der Waals surface area contributed by atoms with Crippen LogP contribution in [-0.2, 0) is 14.8 Å². The average molecular weight is 354 g/mol. The lowest BCUT2D eigenvalue weighted by Gasteiger charge is -2.28. The van der Waals surface area contributed by atoms with E-state index in [1.807, 2.05) is 0 Å². The first-order chi connectivity index (χ1) is 11.4. The Morgan fingerprint density at radius 2 is 1.88 bits per heavy atom. The Morgan fingerprint density at radius 1 is 1.17 bits per heavy atom. The zero-order chi connectivity index (χ0) is 17.3. The van der Waals surface area contributed by atoms with E-state index < -0.39 is 14.9 Å². The Bertz CT molecular complexity index is 773. The van der Waals surface area contributed by atoms with E-state index in [0.29, 0.717) is 26.2 Å². The summed E-state index contributed by atoms with van der Waals surface area (Å²) in [5, 5.41) is 14.1. The van der Waals surface area contributed by atoms with Crippen molar-refractivity contribution in [1.29, 1.82) is 0 Å². The van der Waals surface area contributed by atoms with Gasteiger partial charge in [-0.15, -0.1) is 0 Å². The second kappa shape index (κ2) is 6.36. The fraction of sp³-hybridized carbons (Fsp3) is 0.500. The first-order valence-electron chi connectivity index (χ1n) is 7.70. The van der Waals surface area contributed by atoms with Gasteiger partial charge in [0, 0.05) is 32.2 Å². The van der Waals surface area contributed by atoms with E-state index in [-0.39, 0.29) is 28.7 Å². The Morgan fingerprint density at radius 3 is 2.50 bits per heavy atom. The summed E-state index contributed by atoms with van der Waals surface area (Å²) in [5.74, 6) is -0.218. The molecule has 0 spiro atoms. The van der Waals surface area contributed by atoms with Gasteiger partial charge < -0.3 is 10.2 Å². The number of amides is 1. The quantitative estimate of drug-likeness (QED) is 0.615. The lowest BCUT2D eigenvalue weighted by Crippen LogP contribution is -2.47. The van der Waals surface area contributed by atoms with Crippen LogP contribution in [0, 0.1) is 10.1 Å². The lowest BCUT2D eigenvalue weighted by molar-refractivity contribution is -0.384. The molecule has 2 heterocycles. The standard InChI is InChI=1S/C14H18N4O5S/c19-14-10-16(8-5-15-14)12-4-3-11(9-13(12)18(20)21)24(22,23)17-6-1-2-7-17/h3-4,9H,1-2,5-8,10H2,(H,15,19). The Balaban J connectivity index is 1.98. The van der Waals surface area contributed by atoms with Crippen molar-refractivity contribution in [3.63, 3.8) is 0 Å². The molecule has 0 aliphatic carbocycles. The molecule has 1 aromatic carbocycles. The third-order valence-corrected chi connectivity index (χ3v) is 6.12. The number of anilines is 1. The number of benzene rings is 1. The van der Waals surface area contributed by atoms with Crippen molar-refractivity contribution in [3.8, 4) is 0 Å². The molecular weight excluding hydrogens is 336 g/mol. The Hall–Kier alpha value is -2.20. The molecule has 0 atom stereocenters. The number of hydrogen-bond acceptors (Lipinski definition) is 6. The zero-order valence-corrected chi connectivity index (χ0v) is 13.8.